The average Bonchev–Trinajstić information content (AvgIpc) is 3.10. The minimum atomic E-state index is 0.252. The number of carbonyl (C=O) groups is 1. The molecule has 2 aromatic rings. The number of halogens is 1. The molecule has 0 bridgehead atoms. The van der Waals surface area contributed by atoms with Crippen LogP contribution in [0, 0.1) is 0 Å². The Morgan fingerprint density at radius 3 is 2.85 bits per heavy atom. The maximum absolute atomic E-state index is 12.5. The molecule has 1 aromatic heterocycles. The molecule has 6 heteroatoms. The number of hydrogen-bond donors (Lipinski definition) is 0. The molecule has 2 aliphatic rings. The summed E-state index contributed by atoms with van der Waals surface area (Å²) in [7, 11) is 0. The molecule has 1 amide bonds. The van der Waals surface area contributed by atoms with Crippen LogP contribution in [0.15, 0.2) is 22.6 Å². The van der Waals surface area contributed by atoms with Crippen molar-refractivity contribution in [1.82, 2.24) is 9.88 Å². The van der Waals surface area contributed by atoms with E-state index in [-0.39, 0.29) is 17.9 Å². The number of carbonyl (C=O) groups excluding carboxylic acids is 1. The molecule has 1 atom stereocenters. The quantitative estimate of drug-likeness (QED) is 0.786. The Morgan fingerprint density at radius 2 is 2.08 bits per heavy atom. The van der Waals surface area contributed by atoms with Crippen LogP contribution in [-0.4, -0.2) is 41.6 Å². The van der Waals surface area contributed by atoms with Crippen LogP contribution in [0.5, 0.6) is 0 Å². The van der Waals surface area contributed by atoms with Crippen molar-refractivity contribution in [3.05, 3.63) is 29.1 Å². The van der Waals surface area contributed by atoms with Gasteiger partial charge in [0, 0.05) is 37.1 Å². The van der Waals surface area contributed by atoms with Gasteiger partial charge in [-0.25, -0.2) is 4.98 Å². The molecule has 1 aromatic carbocycles. The van der Waals surface area contributed by atoms with Gasteiger partial charge in [-0.05, 0) is 56.7 Å². The standard InChI is InChI=1S/C20H25ClN2O3/c21-15-4-6-18-17(13-15)22-20(26-18)14-8-10-23(11-9-14)19(24)7-5-16-3-1-2-12-25-16/h4,6,13-14,16H,1-3,5,7-12H2. The molecule has 0 saturated carbocycles. The number of oxazole rings is 1. The van der Waals surface area contributed by atoms with E-state index in [4.69, 9.17) is 20.8 Å². The third-order valence-corrected chi connectivity index (χ3v) is 5.75. The minimum Gasteiger partial charge on any atom is -0.440 e. The Kier molecular flexibility index (Phi) is 5.46. The zero-order valence-electron chi connectivity index (χ0n) is 15.0. The summed E-state index contributed by atoms with van der Waals surface area (Å²) in [6.07, 6.45) is 6.98. The van der Waals surface area contributed by atoms with Gasteiger partial charge in [0.2, 0.25) is 5.91 Å². The Hall–Kier alpha value is -1.59. The van der Waals surface area contributed by atoms with Gasteiger partial charge in [-0.2, -0.15) is 0 Å². The predicted octanol–water partition coefficient (Wildman–Crippen LogP) is 4.54. The van der Waals surface area contributed by atoms with E-state index in [0.29, 0.717) is 11.4 Å². The van der Waals surface area contributed by atoms with E-state index in [2.05, 4.69) is 4.98 Å². The van der Waals surface area contributed by atoms with Crippen molar-refractivity contribution in [2.75, 3.05) is 19.7 Å². The summed E-state index contributed by atoms with van der Waals surface area (Å²) in [5.74, 6) is 1.29. The van der Waals surface area contributed by atoms with E-state index in [1.165, 1.54) is 6.42 Å². The lowest BCUT2D eigenvalue weighted by Crippen LogP contribution is -2.38. The highest BCUT2D eigenvalue weighted by Gasteiger charge is 2.27. The fraction of sp³-hybridized carbons (Fsp3) is 0.600. The second-order valence-corrected chi connectivity index (χ2v) is 7.78. The van der Waals surface area contributed by atoms with Crippen LogP contribution in [0.4, 0.5) is 0 Å². The van der Waals surface area contributed by atoms with E-state index in [9.17, 15) is 4.79 Å². The number of fused-ring (bicyclic) bond motifs is 1. The highest BCUT2D eigenvalue weighted by Crippen LogP contribution is 2.31. The first-order valence-corrected chi connectivity index (χ1v) is 10.0. The number of amides is 1. The van der Waals surface area contributed by atoms with Crippen molar-refractivity contribution in [3.8, 4) is 0 Å². The topological polar surface area (TPSA) is 55.6 Å². The number of ether oxygens (including phenoxy) is 1. The third-order valence-electron chi connectivity index (χ3n) is 5.52. The lowest BCUT2D eigenvalue weighted by molar-refractivity contribution is -0.133. The van der Waals surface area contributed by atoms with Crippen molar-refractivity contribution in [1.29, 1.82) is 0 Å². The zero-order chi connectivity index (χ0) is 17.9. The summed E-state index contributed by atoms with van der Waals surface area (Å²) >= 11 is 6.02. The van der Waals surface area contributed by atoms with Crippen molar-refractivity contribution in [3.63, 3.8) is 0 Å². The molecule has 0 aliphatic carbocycles. The molecule has 26 heavy (non-hydrogen) atoms. The smallest absolute Gasteiger partial charge is 0.222 e. The molecular weight excluding hydrogens is 352 g/mol. The van der Waals surface area contributed by atoms with Gasteiger partial charge in [0.1, 0.15) is 5.52 Å². The van der Waals surface area contributed by atoms with E-state index in [1.54, 1.807) is 0 Å². The molecule has 3 heterocycles. The number of piperidine rings is 1. The van der Waals surface area contributed by atoms with Crippen LogP contribution in [0.2, 0.25) is 5.02 Å². The number of hydrogen-bond acceptors (Lipinski definition) is 4. The van der Waals surface area contributed by atoms with Crippen LogP contribution in [-0.2, 0) is 9.53 Å². The summed E-state index contributed by atoms with van der Waals surface area (Å²) < 4.78 is 11.6. The summed E-state index contributed by atoms with van der Waals surface area (Å²) in [4.78, 5) is 19.1. The number of benzene rings is 1. The van der Waals surface area contributed by atoms with E-state index in [1.807, 2.05) is 23.1 Å². The molecule has 140 valence electrons. The summed E-state index contributed by atoms with van der Waals surface area (Å²) in [6.45, 7) is 2.39. The first-order valence-electron chi connectivity index (χ1n) is 9.64. The van der Waals surface area contributed by atoms with E-state index < -0.39 is 0 Å². The molecule has 2 fully saturated rings. The lowest BCUT2D eigenvalue weighted by Gasteiger charge is -2.31. The van der Waals surface area contributed by atoms with E-state index in [0.717, 1.165) is 68.8 Å². The Balaban J connectivity index is 1.29. The molecule has 4 rings (SSSR count). The molecule has 1 unspecified atom stereocenters. The van der Waals surface area contributed by atoms with Crippen molar-refractivity contribution >= 4 is 28.6 Å². The van der Waals surface area contributed by atoms with Gasteiger partial charge in [-0.1, -0.05) is 11.6 Å². The van der Waals surface area contributed by atoms with Crippen molar-refractivity contribution in [2.45, 2.75) is 57.0 Å². The highest BCUT2D eigenvalue weighted by molar-refractivity contribution is 6.31. The normalized spacial score (nSPS) is 22.0. The lowest BCUT2D eigenvalue weighted by atomic mass is 9.96. The predicted molar refractivity (Wildman–Crippen MR) is 100 cm³/mol. The zero-order valence-corrected chi connectivity index (χ0v) is 15.7. The number of aromatic nitrogens is 1. The van der Waals surface area contributed by atoms with Gasteiger partial charge < -0.3 is 14.1 Å². The first kappa shape index (κ1) is 17.8. The van der Waals surface area contributed by atoms with Crippen molar-refractivity contribution < 1.29 is 13.9 Å². The first-order chi connectivity index (χ1) is 12.7. The van der Waals surface area contributed by atoms with Crippen LogP contribution < -0.4 is 0 Å². The highest BCUT2D eigenvalue weighted by atomic mass is 35.5. The third kappa shape index (κ3) is 4.04. The van der Waals surface area contributed by atoms with Gasteiger partial charge >= 0.3 is 0 Å². The monoisotopic (exact) mass is 376 g/mol. The molecular formula is C20H25ClN2O3. The maximum Gasteiger partial charge on any atom is 0.222 e. The minimum absolute atomic E-state index is 0.252. The molecule has 2 aliphatic heterocycles. The second-order valence-electron chi connectivity index (χ2n) is 7.35. The number of nitrogens with zero attached hydrogens (tertiary/aromatic N) is 2. The van der Waals surface area contributed by atoms with E-state index >= 15 is 0 Å². The molecule has 0 radical (unpaired) electrons. The van der Waals surface area contributed by atoms with Crippen LogP contribution in [0.25, 0.3) is 11.1 Å². The summed E-state index contributed by atoms with van der Waals surface area (Å²) in [6, 6.07) is 5.51. The van der Waals surface area contributed by atoms with Gasteiger partial charge in [0.05, 0.1) is 6.10 Å². The van der Waals surface area contributed by atoms with Crippen LogP contribution in [0.1, 0.15) is 56.8 Å². The Labute approximate surface area is 158 Å². The average molecular weight is 377 g/mol. The fourth-order valence-corrected chi connectivity index (χ4v) is 4.11. The van der Waals surface area contributed by atoms with Gasteiger partial charge in [-0.3, -0.25) is 4.79 Å². The van der Waals surface area contributed by atoms with Crippen LogP contribution in [0.3, 0.4) is 0 Å². The number of rotatable bonds is 4. The van der Waals surface area contributed by atoms with Gasteiger partial charge in [-0.15, -0.1) is 0 Å². The largest absolute Gasteiger partial charge is 0.440 e. The maximum atomic E-state index is 12.5. The molecule has 2 saturated heterocycles. The summed E-state index contributed by atoms with van der Waals surface area (Å²) in [5.41, 5.74) is 1.58. The second kappa shape index (κ2) is 7.97. The van der Waals surface area contributed by atoms with Crippen molar-refractivity contribution in [2.24, 2.45) is 0 Å². The van der Waals surface area contributed by atoms with Gasteiger partial charge in [0.15, 0.2) is 11.5 Å². The fourth-order valence-electron chi connectivity index (χ4n) is 3.95. The molecule has 0 spiro atoms. The molecule has 5 nitrogen and oxygen atoms in total. The SMILES string of the molecule is O=C(CCC1CCCCO1)N1CCC(c2nc3cc(Cl)ccc3o2)CC1. The molecule has 0 N–H and O–H groups in total. The van der Waals surface area contributed by atoms with Gasteiger partial charge in [0.25, 0.3) is 0 Å². The number of likely N-dealkylation sites (tertiary alicyclic amines) is 1. The Morgan fingerprint density at radius 1 is 1.23 bits per heavy atom. The van der Waals surface area contributed by atoms with Crippen LogP contribution >= 0.6 is 11.6 Å². The Bertz CT molecular complexity index is 762. The summed E-state index contributed by atoms with van der Waals surface area (Å²) in [5, 5.41) is 0.666.